The molecule has 6 nitrogen and oxygen atoms in total. The number of hydrogen-bond donors (Lipinski definition) is 0. The van der Waals surface area contributed by atoms with E-state index in [2.05, 4.69) is 14.3 Å². The van der Waals surface area contributed by atoms with Gasteiger partial charge in [0.25, 0.3) is 5.91 Å². The maximum Gasteiger partial charge on any atom is 0.253 e. The Balaban J connectivity index is 1.59. The molecule has 0 saturated heterocycles. The summed E-state index contributed by atoms with van der Waals surface area (Å²) >= 11 is 0. The zero-order valence-electron chi connectivity index (χ0n) is 21.6. The first-order chi connectivity index (χ1) is 17.2. The molecule has 36 heavy (non-hydrogen) atoms. The van der Waals surface area contributed by atoms with Crippen molar-refractivity contribution in [3.63, 3.8) is 0 Å². The molecule has 0 fully saturated rings. The van der Waals surface area contributed by atoms with Crippen molar-refractivity contribution < 1.29 is 13.9 Å². The smallest absolute Gasteiger partial charge is 0.253 e. The van der Waals surface area contributed by atoms with Crippen LogP contribution in [0, 0.1) is 12.7 Å². The van der Waals surface area contributed by atoms with E-state index in [0.717, 1.165) is 46.6 Å². The van der Waals surface area contributed by atoms with Gasteiger partial charge in [-0.15, -0.1) is 0 Å². The van der Waals surface area contributed by atoms with Crippen LogP contribution in [0.1, 0.15) is 27.2 Å². The van der Waals surface area contributed by atoms with E-state index < -0.39 is 0 Å². The normalized spacial score (nSPS) is 11.3. The first-order valence-corrected chi connectivity index (χ1v) is 12.1. The maximum atomic E-state index is 14.2. The average Bonchev–Trinajstić information content (AvgIpc) is 3.25. The van der Waals surface area contributed by atoms with Gasteiger partial charge in [-0.2, -0.15) is 0 Å². The molecule has 0 unspecified atom stereocenters. The second-order valence-electron chi connectivity index (χ2n) is 9.49. The van der Waals surface area contributed by atoms with Gasteiger partial charge in [0.2, 0.25) is 0 Å². The third kappa shape index (κ3) is 5.57. The van der Waals surface area contributed by atoms with Crippen LogP contribution in [-0.4, -0.2) is 66.4 Å². The lowest BCUT2D eigenvalue weighted by molar-refractivity contribution is 0.0826. The lowest BCUT2D eigenvalue weighted by Crippen LogP contribution is -2.23. The Bertz CT molecular complexity index is 1380. The largest absolute Gasteiger partial charge is 0.492 e. The van der Waals surface area contributed by atoms with Crippen LogP contribution in [0.4, 0.5) is 4.39 Å². The Morgan fingerprint density at radius 3 is 2.61 bits per heavy atom. The fourth-order valence-electron chi connectivity index (χ4n) is 4.31. The topological polar surface area (TPSA) is 50.1 Å². The van der Waals surface area contributed by atoms with E-state index >= 15 is 0 Å². The van der Waals surface area contributed by atoms with E-state index in [4.69, 9.17) is 4.74 Å². The predicted molar refractivity (Wildman–Crippen MR) is 141 cm³/mol. The van der Waals surface area contributed by atoms with Gasteiger partial charge in [0.1, 0.15) is 17.2 Å². The Hall–Kier alpha value is -3.71. The number of nitrogens with zero attached hydrogens (tertiary/aromatic N) is 4. The van der Waals surface area contributed by atoms with E-state index in [-0.39, 0.29) is 11.7 Å². The molecule has 188 valence electrons. The number of carbonyl (C=O) groups is 1. The van der Waals surface area contributed by atoms with Gasteiger partial charge in [0.05, 0.1) is 6.61 Å². The van der Waals surface area contributed by atoms with Crippen LogP contribution in [0.5, 0.6) is 5.75 Å². The number of amides is 1. The van der Waals surface area contributed by atoms with Crippen molar-refractivity contribution in [3.8, 4) is 16.9 Å². The summed E-state index contributed by atoms with van der Waals surface area (Å²) in [5, 5.41) is 0. The van der Waals surface area contributed by atoms with Gasteiger partial charge in [0, 0.05) is 74.3 Å². The number of pyridine rings is 1. The highest BCUT2D eigenvalue weighted by atomic mass is 19.1. The van der Waals surface area contributed by atoms with Crippen molar-refractivity contribution in [2.24, 2.45) is 0 Å². The number of aryl methyl sites for hydroxylation is 1. The van der Waals surface area contributed by atoms with Crippen LogP contribution in [-0.2, 0) is 12.8 Å². The molecule has 0 aliphatic heterocycles. The van der Waals surface area contributed by atoms with E-state index in [1.165, 1.54) is 12.1 Å². The SMILES string of the molecule is Cc1cccc(C(=O)N(C)C)c1CCOc1cc(F)ccc1-c1ccc2ncc(CCN(C)C)n2c1. The molecular weight excluding hydrogens is 455 g/mol. The Kier molecular flexibility index (Phi) is 7.70. The van der Waals surface area contributed by atoms with Crippen molar-refractivity contribution in [2.75, 3.05) is 41.3 Å². The van der Waals surface area contributed by atoms with Crippen molar-refractivity contribution in [1.82, 2.24) is 19.2 Å². The number of ether oxygens (including phenoxy) is 1. The summed E-state index contributed by atoms with van der Waals surface area (Å²) < 4.78 is 22.4. The molecule has 7 heteroatoms. The van der Waals surface area contributed by atoms with Gasteiger partial charge in [0.15, 0.2) is 0 Å². The molecule has 4 aromatic rings. The minimum atomic E-state index is -0.358. The molecule has 4 rings (SSSR count). The van der Waals surface area contributed by atoms with E-state index in [1.54, 1.807) is 25.1 Å². The Labute approximate surface area is 211 Å². The van der Waals surface area contributed by atoms with Crippen molar-refractivity contribution in [3.05, 3.63) is 89.1 Å². The Morgan fingerprint density at radius 1 is 1.06 bits per heavy atom. The first kappa shape index (κ1) is 25.4. The molecule has 0 bridgehead atoms. The van der Waals surface area contributed by atoms with Crippen molar-refractivity contribution in [2.45, 2.75) is 19.8 Å². The lowest BCUT2D eigenvalue weighted by Gasteiger charge is -2.17. The number of rotatable bonds is 9. The van der Waals surface area contributed by atoms with Crippen molar-refractivity contribution >= 4 is 11.6 Å². The fourth-order valence-corrected chi connectivity index (χ4v) is 4.31. The third-order valence-corrected chi connectivity index (χ3v) is 6.31. The van der Waals surface area contributed by atoms with Crippen LogP contribution in [0.25, 0.3) is 16.8 Å². The van der Waals surface area contributed by atoms with Gasteiger partial charge in [-0.1, -0.05) is 12.1 Å². The van der Waals surface area contributed by atoms with Gasteiger partial charge in [-0.25, -0.2) is 9.37 Å². The average molecular weight is 489 g/mol. The molecule has 0 saturated carbocycles. The summed E-state index contributed by atoms with van der Waals surface area (Å²) in [5.41, 5.74) is 6.35. The zero-order chi connectivity index (χ0) is 25.8. The number of halogens is 1. The van der Waals surface area contributed by atoms with Gasteiger partial charge >= 0.3 is 0 Å². The maximum absolute atomic E-state index is 14.2. The second-order valence-corrected chi connectivity index (χ2v) is 9.49. The van der Waals surface area contributed by atoms with Crippen LogP contribution < -0.4 is 4.74 Å². The standard InChI is InChI=1S/C29H33FN4O2/c1-20-7-6-8-26(29(35)33(4)5)24(20)14-16-36-27-17-22(30)10-11-25(27)21-9-12-28-31-18-23(34(28)19-21)13-15-32(2)3/h6-12,17-19H,13-16H2,1-5H3. The summed E-state index contributed by atoms with van der Waals surface area (Å²) in [6, 6.07) is 14.3. The summed E-state index contributed by atoms with van der Waals surface area (Å²) in [7, 11) is 7.58. The van der Waals surface area contributed by atoms with Crippen LogP contribution in [0.15, 0.2) is 60.9 Å². The Morgan fingerprint density at radius 2 is 1.86 bits per heavy atom. The molecule has 0 spiro atoms. The number of carbonyl (C=O) groups excluding carboxylic acids is 1. The third-order valence-electron chi connectivity index (χ3n) is 6.31. The number of benzene rings is 2. The minimum absolute atomic E-state index is 0.0427. The molecule has 0 N–H and O–H groups in total. The molecule has 2 heterocycles. The van der Waals surface area contributed by atoms with Crippen LogP contribution in [0.2, 0.25) is 0 Å². The lowest BCUT2D eigenvalue weighted by atomic mass is 9.98. The number of likely N-dealkylation sites (N-methyl/N-ethyl adjacent to an activating group) is 1. The molecule has 0 aliphatic carbocycles. The number of imidazole rings is 1. The molecule has 2 aromatic heterocycles. The van der Waals surface area contributed by atoms with Gasteiger partial charge in [-0.3, -0.25) is 4.79 Å². The summed E-state index contributed by atoms with van der Waals surface area (Å²) in [6.45, 7) is 3.22. The van der Waals surface area contributed by atoms with E-state index in [0.29, 0.717) is 24.3 Å². The summed E-state index contributed by atoms with van der Waals surface area (Å²) in [5.74, 6) is 0.0701. The summed E-state index contributed by atoms with van der Waals surface area (Å²) in [4.78, 5) is 20.9. The molecular formula is C29H33FN4O2. The predicted octanol–water partition coefficient (Wildman–Crippen LogP) is 4.88. The van der Waals surface area contributed by atoms with Gasteiger partial charge < -0.3 is 18.9 Å². The highest BCUT2D eigenvalue weighted by Crippen LogP contribution is 2.32. The quantitative estimate of drug-likeness (QED) is 0.337. The summed E-state index contributed by atoms with van der Waals surface area (Å²) in [6.07, 6.45) is 5.34. The zero-order valence-corrected chi connectivity index (χ0v) is 21.6. The first-order valence-electron chi connectivity index (χ1n) is 12.1. The van der Waals surface area contributed by atoms with Crippen LogP contribution >= 0.6 is 0 Å². The highest BCUT2D eigenvalue weighted by molar-refractivity contribution is 5.95. The minimum Gasteiger partial charge on any atom is -0.492 e. The number of hydrogen-bond acceptors (Lipinski definition) is 4. The number of aromatic nitrogens is 2. The number of fused-ring (bicyclic) bond motifs is 1. The van der Waals surface area contributed by atoms with Crippen LogP contribution in [0.3, 0.4) is 0 Å². The molecule has 1 amide bonds. The molecule has 0 radical (unpaired) electrons. The molecule has 2 aromatic carbocycles. The van der Waals surface area contributed by atoms with E-state index in [1.807, 2.05) is 63.7 Å². The van der Waals surface area contributed by atoms with Gasteiger partial charge in [-0.05, 0) is 62.5 Å². The molecule has 0 aliphatic rings. The fraction of sp³-hybridized carbons (Fsp3) is 0.310. The molecule has 0 atom stereocenters. The van der Waals surface area contributed by atoms with Crippen molar-refractivity contribution in [1.29, 1.82) is 0 Å². The second kappa shape index (κ2) is 10.9. The van der Waals surface area contributed by atoms with E-state index in [9.17, 15) is 9.18 Å². The highest BCUT2D eigenvalue weighted by Gasteiger charge is 2.16. The monoisotopic (exact) mass is 488 g/mol.